The van der Waals surface area contributed by atoms with Gasteiger partial charge in [-0.2, -0.15) is 0 Å². The molecule has 2 aromatic carbocycles. The zero-order chi connectivity index (χ0) is 23.7. The largest absolute Gasteiger partial charge is 0.493 e. The summed E-state index contributed by atoms with van der Waals surface area (Å²) in [6, 6.07) is 15.1. The molecule has 7 rings (SSSR count). The molecule has 5 atom stereocenters. The third kappa shape index (κ3) is 2.44. The summed E-state index contributed by atoms with van der Waals surface area (Å²) >= 11 is 0. The normalized spacial score (nSPS) is 33.0. The standard InChI is InChI=1S/C27H27NO6/c1-32-20-10-6-9-18-22(20)34-23-17-11-12-26(19(13-17)24(30)33-2)25(31)28(21(29)14-27(18,23)26)15-16-7-4-3-5-8-16/h3-10,17,19,23H,11-15H2,1-2H3. The van der Waals surface area contributed by atoms with E-state index in [1.54, 1.807) is 7.11 Å². The van der Waals surface area contributed by atoms with Gasteiger partial charge in [-0.25, -0.2) is 0 Å². The quantitative estimate of drug-likeness (QED) is 0.514. The van der Waals surface area contributed by atoms with E-state index in [2.05, 4.69) is 0 Å². The zero-order valence-electron chi connectivity index (χ0n) is 19.3. The van der Waals surface area contributed by atoms with Crippen molar-refractivity contribution in [2.75, 3.05) is 14.2 Å². The van der Waals surface area contributed by atoms with Crippen molar-refractivity contribution in [2.45, 2.75) is 43.7 Å². The van der Waals surface area contributed by atoms with E-state index < -0.39 is 16.7 Å². The van der Waals surface area contributed by atoms with Crippen LogP contribution in [-0.2, 0) is 31.1 Å². The van der Waals surface area contributed by atoms with Gasteiger partial charge in [-0.1, -0.05) is 42.5 Å². The first-order valence-electron chi connectivity index (χ1n) is 11.8. The van der Waals surface area contributed by atoms with Crippen molar-refractivity contribution < 1.29 is 28.6 Å². The fourth-order valence-electron chi connectivity index (χ4n) is 7.40. The molecule has 5 aliphatic rings. The summed E-state index contributed by atoms with van der Waals surface area (Å²) in [5.74, 6) is -0.325. The molecule has 34 heavy (non-hydrogen) atoms. The predicted molar refractivity (Wildman–Crippen MR) is 121 cm³/mol. The van der Waals surface area contributed by atoms with Crippen LogP contribution >= 0.6 is 0 Å². The first-order chi connectivity index (χ1) is 16.5. The Bertz CT molecular complexity index is 1190. The van der Waals surface area contributed by atoms with E-state index >= 15 is 0 Å². The Morgan fingerprint density at radius 3 is 2.62 bits per heavy atom. The molecule has 176 valence electrons. The van der Waals surface area contributed by atoms with E-state index in [9.17, 15) is 14.4 Å². The lowest BCUT2D eigenvalue weighted by Crippen LogP contribution is -2.75. The molecule has 2 spiro atoms. The van der Waals surface area contributed by atoms with Crippen LogP contribution in [0.5, 0.6) is 11.5 Å². The molecule has 2 heterocycles. The Hall–Kier alpha value is -3.35. The van der Waals surface area contributed by atoms with Crippen LogP contribution in [0.25, 0.3) is 0 Å². The first-order valence-corrected chi connectivity index (χ1v) is 11.8. The molecule has 5 unspecified atom stereocenters. The van der Waals surface area contributed by atoms with Crippen LogP contribution < -0.4 is 9.47 Å². The number of piperidine rings is 1. The molecular formula is C27H27NO6. The Morgan fingerprint density at radius 1 is 1.09 bits per heavy atom. The topological polar surface area (TPSA) is 82.1 Å². The number of imide groups is 1. The fraction of sp³-hybridized carbons (Fsp3) is 0.444. The van der Waals surface area contributed by atoms with E-state index in [-0.39, 0.29) is 42.8 Å². The van der Waals surface area contributed by atoms with E-state index in [0.717, 1.165) is 17.5 Å². The molecule has 0 aromatic heterocycles. The van der Waals surface area contributed by atoms with Crippen molar-refractivity contribution in [3.05, 3.63) is 59.7 Å². The van der Waals surface area contributed by atoms with Crippen molar-refractivity contribution >= 4 is 17.8 Å². The lowest BCUT2D eigenvalue weighted by atomic mass is 9.38. The number of amides is 2. The van der Waals surface area contributed by atoms with Crippen molar-refractivity contribution in [2.24, 2.45) is 17.3 Å². The van der Waals surface area contributed by atoms with E-state index in [4.69, 9.17) is 14.2 Å². The Kier molecular flexibility index (Phi) is 4.57. The van der Waals surface area contributed by atoms with Crippen LogP contribution in [0.4, 0.5) is 0 Å². The summed E-state index contributed by atoms with van der Waals surface area (Å²) in [4.78, 5) is 42.7. The van der Waals surface area contributed by atoms with Gasteiger partial charge in [0, 0.05) is 12.0 Å². The minimum Gasteiger partial charge on any atom is -0.493 e. The molecule has 2 bridgehead atoms. The first kappa shape index (κ1) is 21.2. The molecule has 0 N–H and O–H groups in total. The van der Waals surface area contributed by atoms with Crippen LogP contribution in [0.15, 0.2) is 48.5 Å². The Balaban J connectivity index is 1.56. The number of fused-ring (bicyclic) bond motifs is 3. The second-order valence-corrected chi connectivity index (χ2v) is 9.88. The van der Waals surface area contributed by atoms with Gasteiger partial charge in [-0.15, -0.1) is 0 Å². The fourth-order valence-corrected chi connectivity index (χ4v) is 7.40. The summed E-state index contributed by atoms with van der Waals surface area (Å²) in [7, 11) is 2.95. The smallest absolute Gasteiger partial charge is 0.309 e. The van der Waals surface area contributed by atoms with Crippen LogP contribution in [0.2, 0.25) is 0 Å². The second-order valence-electron chi connectivity index (χ2n) is 9.88. The monoisotopic (exact) mass is 461 g/mol. The summed E-state index contributed by atoms with van der Waals surface area (Å²) in [6.45, 7) is 0.185. The molecule has 2 aromatic rings. The van der Waals surface area contributed by atoms with Gasteiger partial charge < -0.3 is 14.2 Å². The highest BCUT2D eigenvalue weighted by molar-refractivity contribution is 6.06. The van der Waals surface area contributed by atoms with Crippen LogP contribution in [-0.4, -0.2) is 43.0 Å². The van der Waals surface area contributed by atoms with Crippen LogP contribution in [0, 0.1) is 17.3 Å². The van der Waals surface area contributed by atoms with E-state index in [1.807, 2.05) is 48.5 Å². The highest BCUT2D eigenvalue weighted by Gasteiger charge is 2.79. The number of nitrogens with zero attached hydrogens (tertiary/aromatic N) is 1. The minimum atomic E-state index is -1.11. The molecule has 7 heteroatoms. The SMILES string of the molecule is COC(=O)C1CC2CCC13C(=O)N(Cc1ccccc1)C(=O)CC31c3cccc(OC)c3OC21. The number of ether oxygens (including phenoxy) is 3. The summed E-state index contributed by atoms with van der Waals surface area (Å²) in [5, 5.41) is 0. The number of likely N-dealkylation sites (tertiary alicyclic amines) is 1. The van der Waals surface area contributed by atoms with Gasteiger partial charge in [0.15, 0.2) is 11.5 Å². The summed E-state index contributed by atoms with van der Waals surface area (Å²) in [5.41, 5.74) is -0.355. The van der Waals surface area contributed by atoms with E-state index in [0.29, 0.717) is 24.3 Å². The number of benzene rings is 2. The molecule has 2 aliphatic heterocycles. The van der Waals surface area contributed by atoms with Gasteiger partial charge in [0.1, 0.15) is 6.10 Å². The molecule has 2 amide bonds. The van der Waals surface area contributed by atoms with Crippen molar-refractivity contribution in [1.82, 2.24) is 4.90 Å². The number of hydrogen-bond acceptors (Lipinski definition) is 6. The summed E-state index contributed by atoms with van der Waals surface area (Å²) in [6.07, 6.45) is 1.54. The van der Waals surface area contributed by atoms with Gasteiger partial charge >= 0.3 is 5.97 Å². The minimum absolute atomic E-state index is 0.0457. The van der Waals surface area contributed by atoms with Gasteiger partial charge in [0.05, 0.1) is 37.5 Å². The van der Waals surface area contributed by atoms with Gasteiger partial charge in [-0.05, 0) is 36.8 Å². The van der Waals surface area contributed by atoms with Gasteiger partial charge in [0.2, 0.25) is 11.8 Å². The average Bonchev–Trinajstić information content (AvgIpc) is 3.23. The Morgan fingerprint density at radius 2 is 1.88 bits per heavy atom. The number of methoxy groups -OCH3 is 2. The third-order valence-corrected chi connectivity index (χ3v) is 8.70. The maximum atomic E-state index is 14.5. The molecular weight excluding hydrogens is 434 g/mol. The van der Waals surface area contributed by atoms with Gasteiger partial charge in [0.25, 0.3) is 0 Å². The molecule has 0 radical (unpaired) electrons. The van der Waals surface area contributed by atoms with Crippen LogP contribution in [0.1, 0.15) is 36.8 Å². The lowest BCUT2D eigenvalue weighted by molar-refractivity contribution is -0.206. The number of para-hydroxylation sites is 1. The lowest BCUT2D eigenvalue weighted by Gasteiger charge is -2.64. The number of hydrogen-bond donors (Lipinski definition) is 0. The van der Waals surface area contributed by atoms with Crippen molar-refractivity contribution in [1.29, 1.82) is 0 Å². The van der Waals surface area contributed by atoms with Crippen LogP contribution in [0.3, 0.4) is 0 Å². The van der Waals surface area contributed by atoms with Gasteiger partial charge in [-0.3, -0.25) is 19.3 Å². The molecule has 1 saturated heterocycles. The number of carbonyl (C=O) groups is 3. The average molecular weight is 462 g/mol. The third-order valence-electron chi connectivity index (χ3n) is 8.70. The second kappa shape index (κ2) is 7.32. The predicted octanol–water partition coefficient (Wildman–Crippen LogP) is 3.24. The van der Waals surface area contributed by atoms with E-state index in [1.165, 1.54) is 12.0 Å². The molecule has 7 nitrogen and oxygen atoms in total. The van der Waals surface area contributed by atoms with Crippen molar-refractivity contribution in [3.63, 3.8) is 0 Å². The number of rotatable bonds is 4. The number of esters is 1. The molecule has 3 saturated carbocycles. The molecule has 4 fully saturated rings. The Labute approximate surface area is 198 Å². The summed E-state index contributed by atoms with van der Waals surface area (Å²) < 4.78 is 17.3. The maximum Gasteiger partial charge on any atom is 0.309 e. The van der Waals surface area contributed by atoms with Crippen molar-refractivity contribution in [3.8, 4) is 11.5 Å². The molecule has 3 aliphatic carbocycles. The number of carbonyl (C=O) groups excluding carboxylic acids is 3. The highest BCUT2D eigenvalue weighted by atomic mass is 16.5. The zero-order valence-corrected chi connectivity index (χ0v) is 19.3. The maximum absolute atomic E-state index is 14.5. The highest BCUT2D eigenvalue weighted by Crippen LogP contribution is 2.72.